The van der Waals surface area contributed by atoms with Crippen molar-refractivity contribution < 1.29 is 17.9 Å². The number of aromatic nitrogens is 1. The van der Waals surface area contributed by atoms with Gasteiger partial charge in [-0.05, 0) is 31.2 Å². The average Bonchev–Trinajstić information content (AvgIpc) is 3.28. The number of methoxy groups -OCH3 is 1. The Morgan fingerprint density at radius 3 is 2.42 bits per heavy atom. The highest BCUT2D eigenvalue weighted by Gasteiger charge is 2.20. The zero-order valence-corrected chi connectivity index (χ0v) is 19.5. The lowest BCUT2D eigenvalue weighted by molar-refractivity contribution is 0.102. The van der Waals surface area contributed by atoms with E-state index in [0.717, 1.165) is 16.8 Å². The summed E-state index contributed by atoms with van der Waals surface area (Å²) in [7, 11) is -2.45. The van der Waals surface area contributed by atoms with Crippen molar-refractivity contribution in [3.8, 4) is 17.0 Å². The van der Waals surface area contributed by atoms with E-state index < -0.39 is 15.9 Å². The Hall–Kier alpha value is -3.69. The molecule has 4 rings (SSSR count). The first-order valence-electron chi connectivity index (χ1n) is 9.95. The van der Waals surface area contributed by atoms with Crippen molar-refractivity contribution in [1.29, 1.82) is 0 Å². The van der Waals surface area contributed by atoms with Gasteiger partial charge in [-0.2, -0.15) is 0 Å². The third kappa shape index (κ3) is 5.21. The maximum atomic E-state index is 13.0. The third-order valence-electron chi connectivity index (χ3n) is 4.84. The van der Waals surface area contributed by atoms with Crippen LogP contribution in [0.15, 0.2) is 83.1 Å². The summed E-state index contributed by atoms with van der Waals surface area (Å²) >= 11 is 1.29. The molecule has 33 heavy (non-hydrogen) atoms. The Morgan fingerprint density at radius 2 is 1.73 bits per heavy atom. The Kier molecular flexibility index (Phi) is 6.43. The minimum absolute atomic E-state index is 0.0923. The van der Waals surface area contributed by atoms with Crippen molar-refractivity contribution in [1.82, 2.24) is 4.98 Å². The molecule has 7 nitrogen and oxygen atoms in total. The Bertz CT molecular complexity index is 1380. The molecule has 0 saturated heterocycles. The number of rotatable bonds is 7. The van der Waals surface area contributed by atoms with E-state index in [4.69, 9.17) is 4.74 Å². The van der Waals surface area contributed by atoms with Crippen LogP contribution in [0, 0.1) is 6.92 Å². The lowest BCUT2D eigenvalue weighted by Gasteiger charge is -2.14. The van der Waals surface area contributed by atoms with Crippen molar-refractivity contribution in [2.75, 3.05) is 17.1 Å². The molecule has 2 N–H and O–H groups in total. The second-order valence-electron chi connectivity index (χ2n) is 7.19. The molecule has 4 aromatic rings. The molecule has 1 heterocycles. The molecule has 0 aliphatic rings. The van der Waals surface area contributed by atoms with Gasteiger partial charge in [0.2, 0.25) is 0 Å². The molecule has 3 aromatic carbocycles. The molecule has 1 amide bonds. The highest BCUT2D eigenvalue weighted by atomic mass is 32.2. The maximum Gasteiger partial charge on any atom is 0.261 e. The minimum Gasteiger partial charge on any atom is -0.497 e. The Balaban J connectivity index is 1.61. The van der Waals surface area contributed by atoms with Gasteiger partial charge < -0.3 is 4.74 Å². The number of carbonyl (C=O) groups is 1. The Morgan fingerprint density at radius 1 is 1.00 bits per heavy atom. The second kappa shape index (κ2) is 9.43. The first-order chi connectivity index (χ1) is 15.9. The van der Waals surface area contributed by atoms with E-state index in [0.29, 0.717) is 10.9 Å². The van der Waals surface area contributed by atoms with Gasteiger partial charge in [0.25, 0.3) is 15.9 Å². The van der Waals surface area contributed by atoms with Crippen LogP contribution < -0.4 is 14.8 Å². The second-order valence-corrected chi connectivity index (χ2v) is 9.73. The zero-order valence-electron chi connectivity index (χ0n) is 17.9. The van der Waals surface area contributed by atoms with Crippen LogP contribution in [-0.4, -0.2) is 26.4 Å². The van der Waals surface area contributed by atoms with Crippen LogP contribution in [0.5, 0.6) is 5.75 Å². The molecule has 0 bridgehead atoms. The van der Waals surface area contributed by atoms with Crippen molar-refractivity contribution in [2.45, 2.75) is 11.8 Å². The van der Waals surface area contributed by atoms with Crippen LogP contribution in [-0.2, 0) is 10.0 Å². The molecule has 0 atom stereocenters. The summed E-state index contributed by atoms with van der Waals surface area (Å²) < 4.78 is 33.6. The van der Waals surface area contributed by atoms with Gasteiger partial charge in [0.05, 0.1) is 29.0 Å². The molecule has 0 aliphatic carbocycles. The standard InChI is InChI=1S/C24H21N3O4S2/c1-16-8-11-19(12-9-16)33(29,30)27-21-14-18(31-2)10-13-20(21)23(28)26-24-25-22(15-32-24)17-6-4-3-5-7-17/h3-15,27H,1-2H3,(H,25,26,28). The zero-order chi connectivity index (χ0) is 23.4. The van der Waals surface area contributed by atoms with E-state index in [2.05, 4.69) is 15.0 Å². The number of benzene rings is 3. The fourth-order valence-electron chi connectivity index (χ4n) is 3.09. The van der Waals surface area contributed by atoms with E-state index in [1.54, 1.807) is 18.2 Å². The summed E-state index contributed by atoms with van der Waals surface area (Å²) in [6.45, 7) is 1.87. The quantitative estimate of drug-likeness (QED) is 0.381. The fraction of sp³-hybridized carbons (Fsp3) is 0.0833. The van der Waals surface area contributed by atoms with E-state index in [1.807, 2.05) is 42.6 Å². The van der Waals surface area contributed by atoms with Crippen molar-refractivity contribution >= 4 is 38.1 Å². The first kappa shape index (κ1) is 22.5. The summed E-state index contributed by atoms with van der Waals surface area (Å²) in [5, 5.41) is 5.00. The number of nitrogens with zero attached hydrogens (tertiary/aromatic N) is 1. The van der Waals surface area contributed by atoms with Gasteiger partial charge in [-0.3, -0.25) is 14.8 Å². The summed E-state index contributed by atoms with van der Waals surface area (Å²) in [6.07, 6.45) is 0. The normalized spacial score (nSPS) is 11.1. The molecule has 168 valence electrons. The van der Waals surface area contributed by atoms with Gasteiger partial charge in [0.1, 0.15) is 5.75 Å². The summed E-state index contributed by atoms with van der Waals surface area (Å²) in [4.78, 5) is 17.6. The van der Waals surface area contributed by atoms with Gasteiger partial charge in [0, 0.05) is 17.0 Å². The third-order valence-corrected chi connectivity index (χ3v) is 6.98. The van der Waals surface area contributed by atoms with Gasteiger partial charge >= 0.3 is 0 Å². The van der Waals surface area contributed by atoms with Crippen LogP contribution in [0.4, 0.5) is 10.8 Å². The molecule has 9 heteroatoms. The fourth-order valence-corrected chi connectivity index (χ4v) is 4.88. The predicted octanol–water partition coefficient (Wildman–Crippen LogP) is 5.18. The molecular formula is C24H21N3O4S2. The summed E-state index contributed by atoms with van der Waals surface area (Å²) in [5.41, 5.74) is 2.86. The summed E-state index contributed by atoms with van der Waals surface area (Å²) in [6, 6.07) is 20.6. The van der Waals surface area contributed by atoms with Gasteiger partial charge in [-0.25, -0.2) is 13.4 Å². The molecule has 0 radical (unpaired) electrons. The number of anilines is 2. The van der Waals surface area contributed by atoms with Gasteiger partial charge in [-0.15, -0.1) is 11.3 Å². The van der Waals surface area contributed by atoms with Crippen LogP contribution in [0.1, 0.15) is 15.9 Å². The van der Waals surface area contributed by atoms with Crippen molar-refractivity contribution in [3.63, 3.8) is 0 Å². The Labute approximate surface area is 196 Å². The first-order valence-corrected chi connectivity index (χ1v) is 12.3. The number of carbonyl (C=O) groups excluding carboxylic acids is 1. The number of aryl methyl sites for hydroxylation is 1. The lowest BCUT2D eigenvalue weighted by Crippen LogP contribution is -2.18. The number of sulfonamides is 1. The number of amides is 1. The molecule has 1 aromatic heterocycles. The molecule has 0 aliphatic heterocycles. The van der Waals surface area contributed by atoms with E-state index in [-0.39, 0.29) is 16.1 Å². The largest absolute Gasteiger partial charge is 0.497 e. The predicted molar refractivity (Wildman–Crippen MR) is 130 cm³/mol. The number of nitrogens with one attached hydrogen (secondary N) is 2. The highest BCUT2D eigenvalue weighted by Crippen LogP contribution is 2.28. The molecule has 0 saturated carbocycles. The monoisotopic (exact) mass is 479 g/mol. The van der Waals surface area contributed by atoms with Crippen molar-refractivity contribution in [2.24, 2.45) is 0 Å². The summed E-state index contributed by atoms with van der Waals surface area (Å²) in [5.74, 6) is -0.0815. The number of ether oxygens (including phenoxy) is 1. The van der Waals surface area contributed by atoms with Crippen LogP contribution in [0.25, 0.3) is 11.3 Å². The number of thiazole rings is 1. The number of hydrogen-bond donors (Lipinski definition) is 2. The molecule has 0 fully saturated rings. The maximum absolute atomic E-state index is 13.0. The lowest BCUT2D eigenvalue weighted by atomic mass is 10.1. The molecule has 0 unspecified atom stereocenters. The van der Waals surface area contributed by atoms with Crippen LogP contribution >= 0.6 is 11.3 Å². The van der Waals surface area contributed by atoms with Crippen LogP contribution in [0.3, 0.4) is 0 Å². The van der Waals surface area contributed by atoms with Gasteiger partial charge in [-0.1, -0.05) is 48.0 Å². The average molecular weight is 480 g/mol. The minimum atomic E-state index is -3.91. The van der Waals surface area contributed by atoms with E-state index >= 15 is 0 Å². The topological polar surface area (TPSA) is 97.4 Å². The SMILES string of the molecule is COc1ccc(C(=O)Nc2nc(-c3ccccc3)cs2)c(NS(=O)(=O)c2ccc(C)cc2)c1. The van der Waals surface area contributed by atoms with Crippen molar-refractivity contribution in [3.05, 3.63) is 89.3 Å². The van der Waals surface area contributed by atoms with Crippen LogP contribution in [0.2, 0.25) is 0 Å². The highest BCUT2D eigenvalue weighted by molar-refractivity contribution is 7.92. The van der Waals surface area contributed by atoms with E-state index in [9.17, 15) is 13.2 Å². The van der Waals surface area contributed by atoms with Gasteiger partial charge in [0.15, 0.2) is 5.13 Å². The number of hydrogen-bond acceptors (Lipinski definition) is 6. The molecular weight excluding hydrogens is 458 g/mol. The van der Waals surface area contributed by atoms with E-state index in [1.165, 1.54) is 42.7 Å². The smallest absolute Gasteiger partial charge is 0.261 e. The molecule has 0 spiro atoms.